The lowest BCUT2D eigenvalue weighted by molar-refractivity contribution is 0.108. The molecule has 4 heterocycles. The molecule has 4 bridgehead atoms. The van der Waals surface area contributed by atoms with E-state index in [-0.39, 0.29) is 11.4 Å². The Morgan fingerprint density at radius 1 is 1.19 bits per heavy atom. The number of piperidine rings is 2. The minimum atomic E-state index is -0.262. The third-order valence-electron chi connectivity index (χ3n) is 5.99. The van der Waals surface area contributed by atoms with Crippen LogP contribution in [0.1, 0.15) is 26.2 Å². The first-order valence-corrected chi connectivity index (χ1v) is 9.83. The number of carbonyl (C=O) groups is 1. The fourth-order valence-electron chi connectivity index (χ4n) is 4.91. The summed E-state index contributed by atoms with van der Waals surface area (Å²) in [6, 6.07) is 9.24. The molecule has 1 aromatic rings. The predicted octanol–water partition coefficient (Wildman–Crippen LogP) is 2.60. The summed E-state index contributed by atoms with van der Waals surface area (Å²) in [5.74, 6) is 0.439. The van der Waals surface area contributed by atoms with Crippen LogP contribution in [0.3, 0.4) is 0 Å². The Hall–Kier alpha value is -1.92. The topological polar surface area (TPSA) is 60.0 Å². The van der Waals surface area contributed by atoms with Crippen molar-refractivity contribution < 1.29 is 4.79 Å². The maximum atomic E-state index is 12.3. The number of nitrogens with one attached hydrogen (secondary N) is 2. The van der Waals surface area contributed by atoms with Crippen LogP contribution in [0.5, 0.6) is 0 Å². The van der Waals surface area contributed by atoms with Crippen molar-refractivity contribution in [2.75, 3.05) is 44.6 Å². The maximum absolute atomic E-state index is 12.3. The molecule has 4 aliphatic heterocycles. The number of nitrogens with zero attached hydrogens (tertiary/aromatic N) is 3. The summed E-state index contributed by atoms with van der Waals surface area (Å²) in [6.07, 6.45) is 3.57. The summed E-state index contributed by atoms with van der Waals surface area (Å²) >= 11 is 0. The Balaban J connectivity index is 1.51. The molecule has 0 aliphatic carbocycles. The van der Waals surface area contributed by atoms with Gasteiger partial charge < -0.3 is 15.1 Å². The van der Waals surface area contributed by atoms with E-state index in [1.807, 2.05) is 30.3 Å². The lowest BCUT2D eigenvalue weighted by Crippen LogP contribution is -2.61. The van der Waals surface area contributed by atoms with E-state index in [9.17, 15) is 4.79 Å². The number of fused-ring (bicyclic) bond motifs is 1. The van der Waals surface area contributed by atoms with Gasteiger partial charge in [-0.2, -0.15) is 5.10 Å². The first-order chi connectivity index (χ1) is 12.7. The Bertz CT molecular complexity index is 658. The molecule has 4 aliphatic rings. The molecule has 1 aromatic carbocycles. The van der Waals surface area contributed by atoms with E-state index in [1.54, 1.807) is 0 Å². The third kappa shape index (κ3) is 3.48. The number of unbranched alkanes of at least 4 members (excludes halogenated alkanes) is 1. The van der Waals surface area contributed by atoms with Crippen molar-refractivity contribution in [2.24, 2.45) is 16.4 Å². The molecule has 0 aromatic heterocycles. The molecular formula is C20H29N5O. The number of urea groups is 1. The zero-order valence-corrected chi connectivity index (χ0v) is 15.6. The van der Waals surface area contributed by atoms with E-state index in [0.29, 0.717) is 5.92 Å². The molecule has 0 radical (unpaired) electrons. The van der Waals surface area contributed by atoms with E-state index in [4.69, 9.17) is 0 Å². The second-order valence-corrected chi connectivity index (χ2v) is 7.98. The molecule has 6 nitrogen and oxygen atoms in total. The summed E-state index contributed by atoms with van der Waals surface area (Å²) in [5.41, 5.74) is 4.89. The van der Waals surface area contributed by atoms with Crippen molar-refractivity contribution in [3.8, 4) is 0 Å². The van der Waals surface area contributed by atoms with Crippen molar-refractivity contribution in [2.45, 2.75) is 26.2 Å². The van der Waals surface area contributed by atoms with Crippen LogP contribution < -0.4 is 10.7 Å². The van der Waals surface area contributed by atoms with Gasteiger partial charge in [-0.3, -0.25) is 0 Å². The van der Waals surface area contributed by atoms with Crippen molar-refractivity contribution >= 4 is 17.4 Å². The van der Waals surface area contributed by atoms with Crippen molar-refractivity contribution in [1.29, 1.82) is 0 Å². The molecular weight excluding hydrogens is 326 g/mol. The highest BCUT2D eigenvalue weighted by Crippen LogP contribution is 2.41. The molecule has 0 spiro atoms. The third-order valence-corrected chi connectivity index (χ3v) is 5.99. The van der Waals surface area contributed by atoms with Gasteiger partial charge in [0.05, 0.1) is 5.71 Å². The molecule has 2 amide bonds. The van der Waals surface area contributed by atoms with Gasteiger partial charge in [0, 0.05) is 56.3 Å². The first kappa shape index (κ1) is 17.5. The van der Waals surface area contributed by atoms with Gasteiger partial charge in [-0.05, 0) is 18.6 Å². The predicted molar refractivity (Wildman–Crippen MR) is 104 cm³/mol. The zero-order chi connectivity index (χ0) is 18.0. The second-order valence-electron chi connectivity index (χ2n) is 7.98. The van der Waals surface area contributed by atoms with Gasteiger partial charge >= 0.3 is 6.03 Å². The smallest absolute Gasteiger partial charge is 0.307 e. The van der Waals surface area contributed by atoms with Crippen LogP contribution in [0.2, 0.25) is 0 Å². The number of carbonyl (C=O) groups excluding carboxylic acids is 1. The van der Waals surface area contributed by atoms with E-state index < -0.39 is 0 Å². The minimum absolute atomic E-state index is 0.105. The summed E-state index contributed by atoms with van der Waals surface area (Å²) in [5, 5.41) is 7.54. The highest BCUT2D eigenvalue weighted by atomic mass is 16.2. The molecule has 2 atom stereocenters. The van der Waals surface area contributed by atoms with E-state index in [1.165, 1.54) is 31.6 Å². The van der Waals surface area contributed by atoms with Gasteiger partial charge in [-0.15, -0.1) is 0 Å². The number of para-hydroxylation sites is 1. The number of benzene rings is 1. The molecule has 26 heavy (non-hydrogen) atoms. The number of amides is 2. The monoisotopic (exact) mass is 355 g/mol. The quantitative estimate of drug-likeness (QED) is 0.798. The van der Waals surface area contributed by atoms with Gasteiger partial charge in [0.15, 0.2) is 0 Å². The van der Waals surface area contributed by atoms with E-state index in [2.05, 4.69) is 32.6 Å². The molecule has 2 N–H and O–H groups in total. The van der Waals surface area contributed by atoms with Crippen LogP contribution in [-0.2, 0) is 0 Å². The van der Waals surface area contributed by atoms with Gasteiger partial charge in [0.25, 0.3) is 0 Å². The lowest BCUT2D eigenvalue weighted by Gasteiger charge is -2.50. The molecule has 5 rings (SSSR count). The largest absolute Gasteiger partial charge is 0.339 e. The van der Waals surface area contributed by atoms with Gasteiger partial charge in [-0.1, -0.05) is 38.0 Å². The van der Waals surface area contributed by atoms with Gasteiger partial charge in [0.2, 0.25) is 0 Å². The fourth-order valence-corrected chi connectivity index (χ4v) is 4.91. The lowest BCUT2D eigenvalue weighted by atomic mass is 9.68. The van der Waals surface area contributed by atoms with Crippen molar-refractivity contribution in [3.05, 3.63) is 30.3 Å². The second kappa shape index (κ2) is 7.37. The standard InChI is InChI=1S/C20H29N5O/c1-2-3-9-20-14-24-10-11-25(15-20)13-16(12-24)18(20)22-23-19(26)21-17-7-5-4-6-8-17/h4-8,16H,2-3,9-15H2,1H3,(H2,21,23,26)/b22-18+. The molecule has 6 heteroatoms. The number of hydrogen-bond acceptors (Lipinski definition) is 4. The van der Waals surface area contributed by atoms with Crippen LogP contribution in [0.15, 0.2) is 35.4 Å². The van der Waals surface area contributed by atoms with Crippen molar-refractivity contribution in [1.82, 2.24) is 15.2 Å². The Labute approximate surface area is 155 Å². The highest BCUT2D eigenvalue weighted by Gasteiger charge is 2.51. The average Bonchev–Trinajstić information content (AvgIpc) is 2.88. The Kier molecular flexibility index (Phi) is 4.96. The highest BCUT2D eigenvalue weighted by molar-refractivity contribution is 5.96. The maximum Gasteiger partial charge on any atom is 0.339 e. The SMILES string of the molecule is CCCCC12CN3CCN(CC(C3)/C1=N\NC(=O)Nc1ccccc1)C2. The first-order valence-electron chi connectivity index (χ1n) is 9.83. The summed E-state index contributed by atoms with van der Waals surface area (Å²) < 4.78 is 0. The number of hydrazone groups is 1. The van der Waals surface area contributed by atoms with Gasteiger partial charge in [0.1, 0.15) is 0 Å². The molecule has 140 valence electrons. The summed E-state index contributed by atoms with van der Waals surface area (Å²) in [7, 11) is 0. The van der Waals surface area contributed by atoms with Crippen LogP contribution >= 0.6 is 0 Å². The van der Waals surface area contributed by atoms with Crippen molar-refractivity contribution in [3.63, 3.8) is 0 Å². The van der Waals surface area contributed by atoms with E-state index in [0.717, 1.165) is 38.3 Å². The number of rotatable bonds is 5. The average molecular weight is 355 g/mol. The summed E-state index contributed by atoms with van der Waals surface area (Å²) in [6.45, 7) is 8.90. The molecule has 4 saturated heterocycles. The fraction of sp³-hybridized carbons (Fsp3) is 0.600. The normalized spacial score (nSPS) is 33.9. The Morgan fingerprint density at radius 2 is 1.88 bits per heavy atom. The van der Waals surface area contributed by atoms with Crippen LogP contribution in [0.25, 0.3) is 0 Å². The van der Waals surface area contributed by atoms with Crippen LogP contribution in [0, 0.1) is 11.3 Å². The number of hydrogen-bond donors (Lipinski definition) is 2. The van der Waals surface area contributed by atoms with Crippen LogP contribution in [-0.4, -0.2) is 60.8 Å². The molecule has 2 unspecified atom stereocenters. The van der Waals surface area contributed by atoms with Crippen LogP contribution in [0.4, 0.5) is 10.5 Å². The van der Waals surface area contributed by atoms with E-state index >= 15 is 0 Å². The summed E-state index contributed by atoms with van der Waals surface area (Å²) in [4.78, 5) is 17.5. The Morgan fingerprint density at radius 3 is 2.54 bits per heavy atom. The zero-order valence-electron chi connectivity index (χ0n) is 15.6. The minimum Gasteiger partial charge on any atom is -0.307 e. The van der Waals surface area contributed by atoms with Gasteiger partial charge in [-0.25, -0.2) is 10.2 Å². The number of anilines is 1. The molecule has 0 saturated carbocycles. The molecule has 4 fully saturated rings.